The Hall–Kier alpha value is -2.06. The zero-order valence-corrected chi connectivity index (χ0v) is 13.3. The molecule has 1 heterocycles. The third-order valence-corrected chi connectivity index (χ3v) is 4.24. The number of hydrogen-bond acceptors (Lipinski definition) is 2. The quantitative estimate of drug-likeness (QED) is 0.839. The first-order valence-electron chi connectivity index (χ1n) is 8.09. The average Bonchev–Trinajstić information content (AvgIpc) is 2.58. The van der Waals surface area contributed by atoms with Crippen molar-refractivity contribution < 1.29 is 0 Å². The molecule has 22 heavy (non-hydrogen) atoms. The van der Waals surface area contributed by atoms with Gasteiger partial charge in [-0.25, -0.2) is 0 Å². The first-order chi connectivity index (χ1) is 10.8. The number of rotatable bonds is 4. The highest BCUT2D eigenvalue weighted by atomic mass is 15.3. The molecule has 0 saturated carbocycles. The van der Waals surface area contributed by atoms with Crippen molar-refractivity contribution in [2.75, 3.05) is 31.1 Å². The summed E-state index contributed by atoms with van der Waals surface area (Å²) in [5, 5.41) is 0. The predicted molar refractivity (Wildman–Crippen MR) is 95.1 cm³/mol. The summed E-state index contributed by atoms with van der Waals surface area (Å²) in [5.41, 5.74) is 4.03. The van der Waals surface area contributed by atoms with Crippen molar-refractivity contribution in [1.82, 2.24) is 4.90 Å². The second-order valence-corrected chi connectivity index (χ2v) is 5.84. The molecule has 0 aliphatic carbocycles. The standard InChI is InChI=1S/C20H24N2/c1-2-6-18-9-11-19(12-10-18)17-21-13-15-22(16-14-21)20-7-4-3-5-8-20/h2-12H,13-17H2,1H3/b6-2+. The summed E-state index contributed by atoms with van der Waals surface area (Å²) in [5.74, 6) is 0. The lowest BCUT2D eigenvalue weighted by Crippen LogP contribution is -2.45. The molecule has 0 radical (unpaired) electrons. The maximum absolute atomic E-state index is 2.55. The predicted octanol–water partition coefficient (Wildman–Crippen LogP) is 4.04. The fraction of sp³-hybridized carbons (Fsp3) is 0.300. The Morgan fingerprint density at radius 3 is 2.18 bits per heavy atom. The molecule has 114 valence electrons. The van der Waals surface area contributed by atoms with Crippen molar-refractivity contribution in [2.45, 2.75) is 13.5 Å². The average molecular weight is 292 g/mol. The third kappa shape index (κ3) is 3.77. The molecule has 2 nitrogen and oxygen atoms in total. The van der Waals surface area contributed by atoms with Crippen LogP contribution in [0, 0.1) is 0 Å². The van der Waals surface area contributed by atoms with E-state index in [1.807, 2.05) is 0 Å². The summed E-state index contributed by atoms with van der Waals surface area (Å²) in [4.78, 5) is 5.02. The van der Waals surface area contributed by atoms with Gasteiger partial charge in [-0.15, -0.1) is 0 Å². The molecule has 2 aromatic carbocycles. The molecule has 2 heteroatoms. The highest BCUT2D eigenvalue weighted by Gasteiger charge is 2.16. The van der Waals surface area contributed by atoms with Crippen LogP contribution in [0.1, 0.15) is 18.1 Å². The van der Waals surface area contributed by atoms with Crippen LogP contribution in [0.15, 0.2) is 60.7 Å². The number of para-hydroxylation sites is 1. The minimum absolute atomic E-state index is 1.05. The van der Waals surface area contributed by atoms with Gasteiger partial charge >= 0.3 is 0 Å². The SMILES string of the molecule is C/C=C/c1ccc(CN2CCN(c3ccccc3)CC2)cc1. The van der Waals surface area contributed by atoms with Crippen LogP contribution in [0.2, 0.25) is 0 Å². The van der Waals surface area contributed by atoms with E-state index in [9.17, 15) is 0 Å². The van der Waals surface area contributed by atoms with Crippen LogP contribution in [0.25, 0.3) is 6.08 Å². The van der Waals surface area contributed by atoms with Crippen molar-refractivity contribution in [3.8, 4) is 0 Å². The molecule has 0 amide bonds. The van der Waals surface area contributed by atoms with Crippen LogP contribution in [-0.4, -0.2) is 31.1 Å². The molecular formula is C20H24N2. The van der Waals surface area contributed by atoms with Crippen molar-refractivity contribution in [3.05, 3.63) is 71.8 Å². The Balaban J connectivity index is 1.53. The minimum Gasteiger partial charge on any atom is -0.369 e. The van der Waals surface area contributed by atoms with Gasteiger partial charge in [-0.05, 0) is 30.2 Å². The van der Waals surface area contributed by atoms with Gasteiger partial charge in [-0.2, -0.15) is 0 Å². The van der Waals surface area contributed by atoms with Gasteiger partial charge < -0.3 is 4.90 Å². The minimum atomic E-state index is 1.05. The first-order valence-corrected chi connectivity index (χ1v) is 8.09. The van der Waals surface area contributed by atoms with Gasteiger partial charge in [0.1, 0.15) is 0 Å². The second-order valence-electron chi connectivity index (χ2n) is 5.84. The highest BCUT2D eigenvalue weighted by molar-refractivity contribution is 5.49. The van der Waals surface area contributed by atoms with Gasteiger partial charge in [-0.1, -0.05) is 54.6 Å². The molecule has 3 rings (SSSR count). The van der Waals surface area contributed by atoms with E-state index in [1.165, 1.54) is 16.8 Å². The molecule has 1 fully saturated rings. The summed E-state index contributed by atoms with van der Waals surface area (Å²) in [7, 11) is 0. The lowest BCUT2D eigenvalue weighted by Gasteiger charge is -2.36. The zero-order chi connectivity index (χ0) is 15.2. The van der Waals surface area contributed by atoms with E-state index in [0.29, 0.717) is 0 Å². The zero-order valence-electron chi connectivity index (χ0n) is 13.3. The summed E-state index contributed by atoms with van der Waals surface area (Å²) >= 11 is 0. The Bertz CT molecular complexity index is 593. The van der Waals surface area contributed by atoms with E-state index >= 15 is 0 Å². The van der Waals surface area contributed by atoms with Gasteiger partial charge in [0.2, 0.25) is 0 Å². The lowest BCUT2D eigenvalue weighted by molar-refractivity contribution is 0.250. The highest BCUT2D eigenvalue weighted by Crippen LogP contribution is 2.17. The molecule has 1 aliphatic heterocycles. The van der Waals surface area contributed by atoms with Crippen LogP contribution >= 0.6 is 0 Å². The van der Waals surface area contributed by atoms with E-state index < -0.39 is 0 Å². The molecule has 1 saturated heterocycles. The van der Waals surface area contributed by atoms with E-state index in [-0.39, 0.29) is 0 Å². The van der Waals surface area contributed by atoms with Crippen LogP contribution in [-0.2, 0) is 6.54 Å². The van der Waals surface area contributed by atoms with Crippen molar-refractivity contribution in [3.63, 3.8) is 0 Å². The Morgan fingerprint density at radius 2 is 1.55 bits per heavy atom. The maximum atomic E-state index is 2.55. The van der Waals surface area contributed by atoms with Crippen molar-refractivity contribution in [1.29, 1.82) is 0 Å². The molecule has 0 aromatic heterocycles. The number of nitrogens with zero attached hydrogens (tertiary/aromatic N) is 2. The van der Waals surface area contributed by atoms with Crippen molar-refractivity contribution >= 4 is 11.8 Å². The van der Waals surface area contributed by atoms with E-state index in [1.54, 1.807) is 0 Å². The van der Waals surface area contributed by atoms with Gasteiger partial charge in [-0.3, -0.25) is 4.90 Å². The Labute approximate surface area is 133 Å². The summed E-state index contributed by atoms with van der Waals surface area (Å²) in [6.45, 7) is 7.59. The molecule has 1 aliphatic rings. The summed E-state index contributed by atoms with van der Waals surface area (Å²) in [6.07, 6.45) is 4.22. The van der Waals surface area contributed by atoms with E-state index in [4.69, 9.17) is 0 Å². The number of piperazine rings is 1. The second kappa shape index (κ2) is 7.28. The summed E-state index contributed by atoms with van der Waals surface area (Å²) in [6, 6.07) is 19.6. The number of benzene rings is 2. The maximum Gasteiger partial charge on any atom is 0.0367 e. The first kappa shape index (κ1) is 14.9. The Morgan fingerprint density at radius 1 is 0.864 bits per heavy atom. The molecule has 2 aromatic rings. The van der Waals surface area contributed by atoms with Crippen molar-refractivity contribution in [2.24, 2.45) is 0 Å². The number of anilines is 1. The van der Waals surface area contributed by atoms with Gasteiger partial charge in [0.05, 0.1) is 0 Å². The van der Waals surface area contributed by atoms with Gasteiger partial charge in [0.15, 0.2) is 0 Å². The number of allylic oxidation sites excluding steroid dienone is 1. The topological polar surface area (TPSA) is 6.48 Å². The Kier molecular flexibility index (Phi) is 4.92. The van der Waals surface area contributed by atoms with Crippen LogP contribution in [0.4, 0.5) is 5.69 Å². The summed E-state index contributed by atoms with van der Waals surface area (Å²) < 4.78 is 0. The molecule has 0 atom stereocenters. The smallest absolute Gasteiger partial charge is 0.0367 e. The molecule has 0 unspecified atom stereocenters. The molecule has 0 bridgehead atoms. The van der Waals surface area contributed by atoms with Crippen LogP contribution in [0.3, 0.4) is 0 Å². The molecular weight excluding hydrogens is 268 g/mol. The lowest BCUT2D eigenvalue weighted by atomic mass is 10.1. The molecule has 0 spiro atoms. The monoisotopic (exact) mass is 292 g/mol. The van der Waals surface area contributed by atoms with E-state index in [2.05, 4.69) is 83.5 Å². The third-order valence-electron chi connectivity index (χ3n) is 4.24. The van der Waals surface area contributed by atoms with Crippen LogP contribution < -0.4 is 4.90 Å². The van der Waals surface area contributed by atoms with E-state index in [0.717, 1.165) is 32.7 Å². The fourth-order valence-electron chi connectivity index (χ4n) is 2.99. The van der Waals surface area contributed by atoms with Gasteiger partial charge in [0, 0.05) is 38.4 Å². The van der Waals surface area contributed by atoms with Crippen LogP contribution in [0.5, 0.6) is 0 Å². The normalized spacial score (nSPS) is 16.3. The largest absolute Gasteiger partial charge is 0.369 e. The van der Waals surface area contributed by atoms with Gasteiger partial charge in [0.25, 0.3) is 0 Å². The number of hydrogen-bond donors (Lipinski definition) is 0. The molecule has 0 N–H and O–H groups in total. The fourth-order valence-corrected chi connectivity index (χ4v) is 2.99.